The first-order valence-electron chi connectivity index (χ1n) is 6.58. The second kappa shape index (κ2) is 6.99. The maximum Gasteiger partial charge on any atom is 0.350 e. The number of methoxy groups -OCH3 is 1. The molecule has 0 saturated heterocycles. The molecule has 110 valence electrons. The lowest BCUT2D eigenvalue weighted by molar-refractivity contribution is 0.0605. The molecule has 1 aromatic carbocycles. The number of esters is 1. The average Bonchev–Trinajstić information content (AvgIpc) is 2.91. The van der Waals surface area contributed by atoms with Crippen LogP contribution >= 0.6 is 11.3 Å². The lowest BCUT2D eigenvalue weighted by atomic mass is 10.1. The van der Waals surface area contributed by atoms with Gasteiger partial charge in [0.1, 0.15) is 4.88 Å². The summed E-state index contributed by atoms with van der Waals surface area (Å²) in [6.07, 6.45) is 2.41. The molecule has 0 amide bonds. The van der Waals surface area contributed by atoms with Gasteiger partial charge in [-0.25, -0.2) is 9.78 Å². The van der Waals surface area contributed by atoms with Gasteiger partial charge in [-0.1, -0.05) is 42.5 Å². The van der Waals surface area contributed by atoms with Crippen LogP contribution in [0.15, 0.2) is 29.4 Å². The van der Waals surface area contributed by atoms with E-state index in [0.29, 0.717) is 16.4 Å². The molecule has 0 unspecified atom stereocenters. The van der Waals surface area contributed by atoms with Crippen LogP contribution in [0, 0.1) is 6.92 Å². The first-order chi connectivity index (χ1) is 10.2. The molecule has 6 heteroatoms. The number of anilines is 1. The summed E-state index contributed by atoms with van der Waals surface area (Å²) in [5, 5.41) is 4.75. The monoisotopic (exact) mass is 303 g/mol. The SMILES string of the molecule is CCc1nc(N/N=C\c2ccccc2C)sc1C(=O)OC. The number of ether oxygens (including phenoxy) is 1. The van der Waals surface area contributed by atoms with Crippen molar-refractivity contribution in [3.8, 4) is 0 Å². The zero-order valence-corrected chi connectivity index (χ0v) is 13.0. The molecule has 1 heterocycles. The van der Waals surface area contributed by atoms with Crippen molar-refractivity contribution in [1.29, 1.82) is 0 Å². The van der Waals surface area contributed by atoms with Crippen LogP contribution < -0.4 is 5.43 Å². The number of hydrazone groups is 1. The quantitative estimate of drug-likeness (QED) is 0.523. The van der Waals surface area contributed by atoms with E-state index in [1.165, 1.54) is 18.4 Å². The van der Waals surface area contributed by atoms with E-state index in [1.54, 1.807) is 6.21 Å². The van der Waals surface area contributed by atoms with Gasteiger partial charge in [0.2, 0.25) is 5.13 Å². The van der Waals surface area contributed by atoms with Gasteiger partial charge in [0, 0.05) is 0 Å². The molecule has 0 aliphatic rings. The van der Waals surface area contributed by atoms with E-state index in [1.807, 2.05) is 38.1 Å². The molecular formula is C15H17N3O2S. The molecule has 0 fully saturated rings. The summed E-state index contributed by atoms with van der Waals surface area (Å²) < 4.78 is 4.75. The van der Waals surface area contributed by atoms with Crippen LogP contribution in [-0.2, 0) is 11.2 Å². The maximum atomic E-state index is 11.6. The largest absolute Gasteiger partial charge is 0.465 e. The second-order valence-corrected chi connectivity index (χ2v) is 5.37. The van der Waals surface area contributed by atoms with Gasteiger partial charge >= 0.3 is 5.97 Å². The normalized spacial score (nSPS) is 10.8. The predicted octanol–water partition coefficient (Wildman–Crippen LogP) is 3.25. The third-order valence-electron chi connectivity index (χ3n) is 2.96. The summed E-state index contributed by atoms with van der Waals surface area (Å²) in [7, 11) is 1.37. The average molecular weight is 303 g/mol. The predicted molar refractivity (Wildman–Crippen MR) is 85.2 cm³/mol. The van der Waals surface area contributed by atoms with Crippen molar-refractivity contribution < 1.29 is 9.53 Å². The zero-order chi connectivity index (χ0) is 15.2. The Bertz CT molecular complexity index is 665. The number of thiazole rings is 1. The highest BCUT2D eigenvalue weighted by molar-refractivity contribution is 7.17. The Morgan fingerprint density at radius 3 is 2.90 bits per heavy atom. The molecule has 0 radical (unpaired) electrons. The maximum absolute atomic E-state index is 11.6. The first-order valence-corrected chi connectivity index (χ1v) is 7.40. The van der Waals surface area contributed by atoms with E-state index in [4.69, 9.17) is 4.74 Å². The number of hydrogen-bond donors (Lipinski definition) is 1. The molecule has 1 aromatic heterocycles. The van der Waals surface area contributed by atoms with Crippen LogP contribution in [0.25, 0.3) is 0 Å². The number of carbonyl (C=O) groups excluding carboxylic acids is 1. The Hall–Kier alpha value is -2.21. The van der Waals surface area contributed by atoms with Crippen molar-refractivity contribution in [2.24, 2.45) is 5.10 Å². The number of hydrogen-bond acceptors (Lipinski definition) is 6. The van der Waals surface area contributed by atoms with E-state index < -0.39 is 0 Å². The molecule has 0 aliphatic carbocycles. The Kier molecular flexibility index (Phi) is 5.05. The fraction of sp³-hybridized carbons (Fsp3) is 0.267. The highest BCUT2D eigenvalue weighted by Crippen LogP contribution is 2.24. The molecule has 0 bridgehead atoms. The number of nitrogens with zero attached hydrogens (tertiary/aromatic N) is 2. The smallest absolute Gasteiger partial charge is 0.350 e. The molecule has 0 spiro atoms. The molecule has 5 nitrogen and oxygen atoms in total. The summed E-state index contributed by atoms with van der Waals surface area (Å²) >= 11 is 1.25. The molecule has 0 saturated carbocycles. The summed E-state index contributed by atoms with van der Waals surface area (Å²) in [4.78, 5) is 16.5. The molecule has 0 atom stereocenters. The van der Waals surface area contributed by atoms with Gasteiger partial charge in [0.15, 0.2) is 0 Å². The topological polar surface area (TPSA) is 63.6 Å². The Balaban J connectivity index is 2.12. The molecular weight excluding hydrogens is 286 g/mol. The van der Waals surface area contributed by atoms with Crippen molar-refractivity contribution in [1.82, 2.24) is 4.98 Å². The summed E-state index contributed by atoms with van der Waals surface area (Å²) in [6.45, 7) is 3.97. The van der Waals surface area contributed by atoms with E-state index in [-0.39, 0.29) is 5.97 Å². The number of aromatic nitrogens is 1. The fourth-order valence-corrected chi connectivity index (χ4v) is 2.70. The van der Waals surface area contributed by atoms with Crippen LogP contribution in [0.2, 0.25) is 0 Å². The van der Waals surface area contributed by atoms with Crippen LogP contribution in [0.5, 0.6) is 0 Å². The number of aryl methyl sites for hydroxylation is 2. The molecule has 2 aromatic rings. The molecule has 0 aliphatic heterocycles. The summed E-state index contributed by atoms with van der Waals surface area (Å²) in [5.74, 6) is -0.361. The van der Waals surface area contributed by atoms with Gasteiger partial charge in [-0.05, 0) is 24.5 Å². The van der Waals surface area contributed by atoms with Gasteiger partial charge in [-0.15, -0.1) is 0 Å². The van der Waals surface area contributed by atoms with E-state index >= 15 is 0 Å². The number of benzene rings is 1. The minimum Gasteiger partial charge on any atom is -0.465 e. The van der Waals surface area contributed by atoms with E-state index in [9.17, 15) is 4.79 Å². The summed E-state index contributed by atoms with van der Waals surface area (Å²) in [6, 6.07) is 7.95. The number of rotatable bonds is 5. The van der Waals surface area contributed by atoms with Gasteiger partial charge in [-0.2, -0.15) is 5.10 Å². The second-order valence-electron chi connectivity index (χ2n) is 4.37. The van der Waals surface area contributed by atoms with Crippen molar-refractivity contribution >= 4 is 28.7 Å². The van der Waals surface area contributed by atoms with Crippen molar-refractivity contribution in [2.45, 2.75) is 20.3 Å². The highest BCUT2D eigenvalue weighted by Gasteiger charge is 2.17. The number of carbonyl (C=O) groups is 1. The van der Waals surface area contributed by atoms with Gasteiger partial charge in [0.25, 0.3) is 0 Å². The van der Waals surface area contributed by atoms with Crippen molar-refractivity contribution in [3.05, 3.63) is 46.0 Å². The molecule has 2 rings (SSSR count). The Morgan fingerprint density at radius 1 is 1.48 bits per heavy atom. The summed E-state index contributed by atoms with van der Waals surface area (Å²) in [5.41, 5.74) is 5.76. The fourth-order valence-electron chi connectivity index (χ4n) is 1.78. The lowest BCUT2D eigenvalue weighted by Gasteiger charge is -1.98. The Labute approximate surface area is 127 Å². The van der Waals surface area contributed by atoms with Crippen LogP contribution in [0.4, 0.5) is 5.13 Å². The Morgan fingerprint density at radius 2 is 2.24 bits per heavy atom. The minimum absolute atomic E-state index is 0.361. The van der Waals surface area contributed by atoms with Gasteiger partial charge < -0.3 is 4.74 Å². The van der Waals surface area contributed by atoms with Crippen LogP contribution in [0.1, 0.15) is 33.4 Å². The minimum atomic E-state index is -0.361. The van der Waals surface area contributed by atoms with Crippen LogP contribution in [0.3, 0.4) is 0 Å². The molecule has 1 N–H and O–H groups in total. The first kappa shape index (κ1) is 15.2. The standard InChI is InChI=1S/C15H17N3O2S/c1-4-12-13(14(19)20-3)21-15(17-12)18-16-9-11-8-6-5-7-10(11)2/h5-9H,4H2,1-3H3,(H,17,18)/b16-9-. The van der Waals surface area contributed by atoms with Gasteiger partial charge in [0.05, 0.1) is 19.0 Å². The number of nitrogens with one attached hydrogen (secondary N) is 1. The van der Waals surface area contributed by atoms with E-state index in [2.05, 4.69) is 15.5 Å². The van der Waals surface area contributed by atoms with Crippen LogP contribution in [-0.4, -0.2) is 24.3 Å². The van der Waals surface area contributed by atoms with Gasteiger partial charge in [-0.3, -0.25) is 5.43 Å². The third-order valence-corrected chi connectivity index (χ3v) is 3.94. The van der Waals surface area contributed by atoms with E-state index in [0.717, 1.165) is 16.8 Å². The third kappa shape index (κ3) is 3.66. The lowest BCUT2D eigenvalue weighted by Crippen LogP contribution is -2.01. The molecule has 21 heavy (non-hydrogen) atoms. The van der Waals surface area contributed by atoms with Crippen molar-refractivity contribution in [3.63, 3.8) is 0 Å². The van der Waals surface area contributed by atoms with Crippen molar-refractivity contribution in [2.75, 3.05) is 12.5 Å². The highest BCUT2D eigenvalue weighted by atomic mass is 32.1. The zero-order valence-electron chi connectivity index (χ0n) is 12.2.